The molecule has 0 N–H and O–H groups in total. The van der Waals surface area contributed by atoms with Gasteiger partial charge in [-0.3, -0.25) is 19.3 Å². The van der Waals surface area contributed by atoms with Crippen LogP contribution in [0.25, 0.3) is 0 Å². The number of methoxy groups -OCH3 is 1. The van der Waals surface area contributed by atoms with E-state index < -0.39 is 0 Å². The van der Waals surface area contributed by atoms with Crippen LogP contribution in [-0.2, 0) is 16.0 Å². The quantitative estimate of drug-likeness (QED) is 0.686. The first-order valence-corrected chi connectivity index (χ1v) is 10.0. The van der Waals surface area contributed by atoms with E-state index in [0.29, 0.717) is 43.1 Å². The zero-order chi connectivity index (χ0) is 21.1. The molecule has 1 atom stereocenters. The highest BCUT2D eigenvalue weighted by molar-refractivity contribution is 6.21. The van der Waals surface area contributed by atoms with E-state index in [9.17, 15) is 14.4 Å². The standard InChI is InChI=1S/C23H24N2O5/c1-29-12-10-18-15-30-13-11-24(18)21(26)17-8-6-16(7-9-17)14-25-22(27)19-4-2-3-5-20(19)23(25)28/h2-9,18H,10-15H2,1H3/t18-/m1/s1. The van der Waals surface area contributed by atoms with Crippen molar-refractivity contribution in [1.29, 1.82) is 0 Å². The molecule has 1 saturated heterocycles. The summed E-state index contributed by atoms with van der Waals surface area (Å²) in [5.74, 6) is -0.623. The minimum absolute atomic E-state index is 0.00998. The Labute approximate surface area is 175 Å². The number of hydrogen-bond donors (Lipinski definition) is 0. The molecular weight excluding hydrogens is 384 g/mol. The monoisotopic (exact) mass is 408 g/mol. The Morgan fingerprint density at radius 3 is 2.37 bits per heavy atom. The molecule has 0 unspecified atom stereocenters. The van der Waals surface area contributed by atoms with E-state index in [-0.39, 0.29) is 30.3 Å². The maximum atomic E-state index is 13.0. The van der Waals surface area contributed by atoms with E-state index in [2.05, 4.69) is 0 Å². The number of amides is 3. The summed E-state index contributed by atoms with van der Waals surface area (Å²) in [6.07, 6.45) is 0.722. The number of morpholine rings is 1. The van der Waals surface area contributed by atoms with Gasteiger partial charge in [0.05, 0.1) is 36.9 Å². The van der Waals surface area contributed by atoms with Crippen molar-refractivity contribution in [2.75, 3.05) is 33.5 Å². The van der Waals surface area contributed by atoms with Gasteiger partial charge in [0.15, 0.2) is 0 Å². The Morgan fingerprint density at radius 1 is 1.07 bits per heavy atom. The summed E-state index contributed by atoms with van der Waals surface area (Å²) in [6.45, 7) is 2.32. The molecule has 2 aromatic carbocycles. The second kappa shape index (κ2) is 8.77. The van der Waals surface area contributed by atoms with Crippen LogP contribution in [-0.4, -0.2) is 67.0 Å². The van der Waals surface area contributed by atoms with Crippen molar-refractivity contribution in [3.63, 3.8) is 0 Å². The molecular formula is C23H24N2O5. The predicted molar refractivity (Wildman–Crippen MR) is 109 cm³/mol. The Balaban J connectivity index is 1.45. The predicted octanol–water partition coefficient (Wildman–Crippen LogP) is 2.36. The summed E-state index contributed by atoms with van der Waals surface area (Å²) in [6, 6.07) is 13.9. The van der Waals surface area contributed by atoms with Crippen molar-refractivity contribution in [2.24, 2.45) is 0 Å². The van der Waals surface area contributed by atoms with Crippen LogP contribution < -0.4 is 0 Å². The van der Waals surface area contributed by atoms with Crippen molar-refractivity contribution in [1.82, 2.24) is 9.80 Å². The van der Waals surface area contributed by atoms with Crippen molar-refractivity contribution < 1.29 is 23.9 Å². The number of carbonyl (C=O) groups is 3. The molecule has 0 aromatic heterocycles. The molecule has 0 aliphatic carbocycles. The lowest BCUT2D eigenvalue weighted by Gasteiger charge is -2.35. The van der Waals surface area contributed by atoms with Gasteiger partial charge < -0.3 is 14.4 Å². The lowest BCUT2D eigenvalue weighted by molar-refractivity contribution is -0.0104. The molecule has 0 spiro atoms. The SMILES string of the molecule is COCC[C@@H]1COCCN1C(=O)c1ccc(CN2C(=O)c3ccccc3C2=O)cc1. The fraction of sp³-hybridized carbons (Fsp3) is 0.348. The number of ether oxygens (including phenoxy) is 2. The van der Waals surface area contributed by atoms with Gasteiger partial charge in [-0.05, 0) is 36.2 Å². The molecule has 30 heavy (non-hydrogen) atoms. The smallest absolute Gasteiger partial charge is 0.261 e. The minimum atomic E-state index is -0.287. The Kier molecular flexibility index (Phi) is 5.92. The van der Waals surface area contributed by atoms with Crippen LogP contribution in [0.2, 0.25) is 0 Å². The first kappa shape index (κ1) is 20.3. The third-order valence-electron chi connectivity index (χ3n) is 5.56. The summed E-state index contributed by atoms with van der Waals surface area (Å²) in [7, 11) is 1.64. The lowest BCUT2D eigenvalue weighted by atomic mass is 10.1. The zero-order valence-electron chi connectivity index (χ0n) is 16.9. The molecule has 2 aromatic rings. The van der Waals surface area contributed by atoms with E-state index in [0.717, 1.165) is 12.0 Å². The van der Waals surface area contributed by atoms with Gasteiger partial charge in [0.25, 0.3) is 17.7 Å². The highest BCUT2D eigenvalue weighted by Crippen LogP contribution is 2.24. The Morgan fingerprint density at radius 2 is 1.73 bits per heavy atom. The third-order valence-corrected chi connectivity index (χ3v) is 5.56. The summed E-state index contributed by atoms with van der Waals surface area (Å²) in [4.78, 5) is 41.1. The van der Waals surface area contributed by atoms with Crippen molar-refractivity contribution in [3.05, 3.63) is 70.8 Å². The van der Waals surface area contributed by atoms with Gasteiger partial charge in [-0.25, -0.2) is 0 Å². The highest BCUT2D eigenvalue weighted by Gasteiger charge is 2.35. The average molecular weight is 408 g/mol. The van der Waals surface area contributed by atoms with Gasteiger partial charge in [0, 0.05) is 25.8 Å². The van der Waals surface area contributed by atoms with Gasteiger partial charge in [0.1, 0.15) is 0 Å². The van der Waals surface area contributed by atoms with Crippen molar-refractivity contribution in [3.8, 4) is 0 Å². The summed E-state index contributed by atoms with van der Waals surface area (Å²) < 4.78 is 10.7. The number of nitrogens with zero attached hydrogens (tertiary/aromatic N) is 2. The van der Waals surface area contributed by atoms with Gasteiger partial charge in [-0.1, -0.05) is 24.3 Å². The number of rotatable bonds is 6. The van der Waals surface area contributed by atoms with Crippen molar-refractivity contribution in [2.45, 2.75) is 19.0 Å². The minimum Gasteiger partial charge on any atom is -0.385 e. The number of benzene rings is 2. The van der Waals surface area contributed by atoms with E-state index >= 15 is 0 Å². The van der Waals surface area contributed by atoms with Gasteiger partial charge >= 0.3 is 0 Å². The summed E-state index contributed by atoms with van der Waals surface area (Å²) in [5.41, 5.74) is 2.23. The molecule has 0 saturated carbocycles. The fourth-order valence-corrected chi connectivity index (χ4v) is 3.90. The van der Waals surface area contributed by atoms with Crippen LogP contribution >= 0.6 is 0 Å². The fourth-order valence-electron chi connectivity index (χ4n) is 3.90. The van der Waals surface area contributed by atoms with Crippen LogP contribution in [0.4, 0.5) is 0 Å². The van der Waals surface area contributed by atoms with Crippen LogP contribution in [0.1, 0.15) is 43.1 Å². The maximum absolute atomic E-state index is 13.0. The maximum Gasteiger partial charge on any atom is 0.261 e. The number of imide groups is 1. The molecule has 4 rings (SSSR count). The molecule has 2 aliphatic heterocycles. The van der Waals surface area contributed by atoms with E-state index in [1.807, 2.05) is 4.90 Å². The molecule has 0 bridgehead atoms. The third kappa shape index (κ3) is 3.86. The number of hydrogen-bond acceptors (Lipinski definition) is 5. The van der Waals surface area contributed by atoms with Crippen LogP contribution in [0.5, 0.6) is 0 Å². The van der Waals surface area contributed by atoms with Gasteiger partial charge in [0.2, 0.25) is 0 Å². The number of carbonyl (C=O) groups excluding carboxylic acids is 3. The normalized spacial score (nSPS) is 18.6. The summed E-state index contributed by atoms with van der Waals surface area (Å²) >= 11 is 0. The van der Waals surface area contributed by atoms with E-state index in [1.54, 1.807) is 55.6 Å². The topological polar surface area (TPSA) is 76.2 Å². The molecule has 1 fully saturated rings. The Hall–Kier alpha value is -3.03. The molecule has 156 valence electrons. The zero-order valence-corrected chi connectivity index (χ0v) is 16.9. The van der Waals surface area contributed by atoms with E-state index in [1.165, 1.54) is 4.90 Å². The van der Waals surface area contributed by atoms with Gasteiger partial charge in [-0.2, -0.15) is 0 Å². The average Bonchev–Trinajstić information content (AvgIpc) is 3.03. The van der Waals surface area contributed by atoms with Gasteiger partial charge in [-0.15, -0.1) is 0 Å². The van der Waals surface area contributed by atoms with Crippen molar-refractivity contribution >= 4 is 17.7 Å². The molecule has 2 heterocycles. The second-order valence-corrected chi connectivity index (χ2v) is 7.45. The van der Waals surface area contributed by atoms with Crippen LogP contribution in [0.15, 0.2) is 48.5 Å². The largest absolute Gasteiger partial charge is 0.385 e. The molecule has 0 radical (unpaired) electrons. The summed E-state index contributed by atoms with van der Waals surface area (Å²) in [5, 5.41) is 0. The van der Waals surface area contributed by atoms with E-state index in [4.69, 9.17) is 9.47 Å². The lowest BCUT2D eigenvalue weighted by Crippen LogP contribution is -2.49. The Bertz CT molecular complexity index is 921. The van der Waals surface area contributed by atoms with Crippen LogP contribution in [0.3, 0.4) is 0 Å². The van der Waals surface area contributed by atoms with Crippen LogP contribution in [0, 0.1) is 0 Å². The first-order valence-electron chi connectivity index (χ1n) is 10.0. The molecule has 2 aliphatic rings. The highest BCUT2D eigenvalue weighted by atomic mass is 16.5. The second-order valence-electron chi connectivity index (χ2n) is 7.45. The molecule has 7 heteroatoms. The molecule has 7 nitrogen and oxygen atoms in total. The first-order chi connectivity index (χ1) is 14.6. The number of fused-ring (bicyclic) bond motifs is 1. The molecule has 3 amide bonds.